The maximum Gasteiger partial charge on any atom is 0.193 e. The Morgan fingerprint density at radius 2 is 2.00 bits per heavy atom. The standard InChI is InChI=1S/C19H25N3O/c1-4-15-6-5-7-17(12-15)22-19(20)21-11-10-16-9-8-14(2)18(13-16)23-3/h5-9,12-13H,4,10-11H2,1-3H3,(H3,20,21,22). The third-order valence-electron chi connectivity index (χ3n) is 3.76. The summed E-state index contributed by atoms with van der Waals surface area (Å²) in [5.74, 6) is 1.35. The van der Waals surface area contributed by atoms with Crippen molar-refractivity contribution >= 4 is 11.6 Å². The molecule has 2 aromatic rings. The van der Waals surface area contributed by atoms with Crippen LogP contribution in [0.1, 0.15) is 23.6 Å². The topological polar surface area (TPSA) is 59.6 Å². The van der Waals surface area contributed by atoms with E-state index in [0.29, 0.717) is 12.5 Å². The van der Waals surface area contributed by atoms with E-state index in [-0.39, 0.29) is 0 Å². The van der Waals surface area contributed by atoms with E-state index in [1.165, 1.54) is 11.1 Å². The highest BCUT2D eigenvalue weighted by atomic mass is 16.5. The van der Waals surface area contributed by atoms with E-state index in [2.05, 4.69) is 47.6 Å². The van der Waals surface area contributed by atoms with Crippen molar-refractivity contribution in [3.63, 3.8) is 0 Å². The van der Waals surface area contributed by atoms with Crippen molar-refractivity contribution in [3.05, 3.63) is 59.2 Å². The van der Waals surface area contributed by atoms with Crippen LogP contribution in [0.3, 0.4) is 0 Å². The van der Waals surface area contributed by atoms with Crippen molar-refractivity contribution in [2.24, 2.45) is 10.7 Å². The first-order valence-electron chi connectivity index (χ1n) is 7.91. The Hall–Kier alpha value is -2.49. The molecule has 0 aliphatic carbocycles. The number of nitrogens with two attached hydrogens (primary N) is 1. The highest BCUT2D eigenvalue weighted by Crippen LogP contribution is 2.19. The molecule has 122 valence electrons. The SMILES string of the molecule is CCc1cccc(NC(N)=NCCc2ccc(C)c(OC)c2)c1. The average Bonchev–Trinajstić information content (AvgIpc) is 2.56. The number of methoxy groups -OCH3 is 1. The van der Waals surface area contributed by atoms with Crippen LogP contribution in [-0.2, 0) is 12.8 Å². The number of rotatable bonds is 6. The molecule has 4 nitrogen and oxygen atoms in total. The molecule has 0 saturated heterocycles. The van der Waals surface area contributed by atoms with Gasteiger partial charge in [-0.25, -0.2) is 0 Å². The van der Waals surface area contributed by atoms with Crippen molar-refractivity contribution in [2.75, 3.05) is 19.0 Å². The predicted octanol–water partition coefficient (Wildman–Crippen LogP) is 3.54. The van der Waals surface area contributed by atoms with Crippen molar-refractivity contribution < 1.29 is 4.74 Å². The van der Waals surface area contributed by atoms with Gasteiger partial charge in [0.2, 0.25) is 0 Å². The molecule has 2 aromatic carbocycles. The van der Waals surface area contributed by atoms with Crippen LogP contribution < -0.4 is 15.8 Å². The molecule has 3 N–H and O–H groups in total. The molecule has 23 heavy (non-hydrogen) atoms. The van der Waals surface area contributed by atoms with Gasteiger partial charge in [0.1, 0.15) is 5.75 Å². The lowest BCUT2D eigenvalue weighted by Gasteiger charge is -2.08. The summed E-state index contributed by atoms with van der Waals surface area (Å²) in [5, 5.41) is 3.14. The molecule has 0 bridgehead atoms. The number of aryl methyl sites for hydroxylation is 2. The molecule has 0 aliphatic rings. The van der Waals surface area contributed by atoms with Crippen molar-refractivity contribution in [1.82, 2.24) is 0 Å². The quantitative estimate of drug-likeness (QED) is 0.634. The zero-order valence-corrected chi connectivity index (χ0v) is 14.1. The van der Waals surface area contributed by atoms with E-state index in [4.69, 9.17) is 10.5 Å². The van der Waals surface area contributed by atoms with E-state index in [0.717, 1.165) is 29.8 Å². The van der Waals surface area contributed by atoms with Crippen molar-refractivity contribution in [1.29, 1.82) is 0 Å². The molecular formula is C19H25N3O. The van der Waals surface area contributed by atoms with Crippen LogP contribution in [0.2, 0.25) is 0 Å². The average molecular weight is 311 g/mol. The van der Waals surface area contributed by atoms with Crippen LogP contribution in [0.5, 0.6) is 5.75 Å². The Kier molecular flexibility index (Phi) is 6.03. The van der Waals surface area contributed by atoms with Gasteiger partial charge in [0, 0.05) is 12.2 Å². The van der Waals surface area contributed by atoms with Gasteiger partial charge in [-0.3, -0.25) is 4.99 Å². The number of hydrogen-bond donors (Lipinski definition) is 2. The Morgan fingerprint density at radius 1 is 1.17 bits per heavy atom. The van der Waals surface area contributed by atoms with Crippen LogP contribution in [0.25, 0.3) is 0 Å². The molecule has 0 heterocycles. The molecule has 0 amide bonds. The third-order valence-corrected chi connectivity index (χ3v) is 3.76. The van der Waals surface area contributed by atoms with Crippen LogP contribution >= 0.6 is 0 Å². The van der Waals surface area contributed by atoms with Gasteiger partial charge >= 0.3 is 0 Å². The van der Waals surface area contributed by atoms with Gasteiger partial charge in [0.15, 0.2) is 5.96 Å². The van der Waals surface area contributed by atoms with Crippen molar-refractivity contribution in [2.45, 2.75) is 26.7 Å². The van der Waals surface area contributed by atoms with Gasteiger partial charge < -0.3 is 15.8 Å². The second kappa shape index (κ2) is 8.22. The first kappa shape index (κ1) is 16.9. The van der Waals surface area contributed by atoms with E-state index in [1.54, 1.807) is 7.11 Å². The van der Waals surface area contributed by atoms with Crippen molar-refractivity contribution in [3.8, 4) is 5.75 Å². The summed E-state index contributed by atoms with van der Waals surface area (Å²) >= 11 is 0. The fourth-order valence-electron chi connectivity index (χ4n) is 2.38. The van der Waals surface area contributed by atoms with Gasteiger partial charge in [-0.1, -0.05) is 31.2 Å². The Labute approximate surface area is 138 Å². The van der Waals surface area contributed by atoms with E-state index in [1.807, 2.05) is 19.1 Å². The van der Waals surface area contributed by atoms with E-state index < -0.39 is 0 Å². The van der Waals surface area contributed by atoms with Crippen LogP contribution in [0, 0.1) is 6.92 Å². The number of ether oxygens (including phenoxy) is 1. The molecule has 0 spiro atoms. The summed E-state index contributed by atoms with van der Waals surface area (Å²) in [7, 11) is 1.69. The highest BCUT2D eigenvalue weighted by molar-refractivity contribution is 5.92. The number of guanidine groups is 1. The minimum Gasteiger partial charge on any atom is -0.496 e. The Morgan fingerprint density at radius 3 is 2.74 bits per heavy atom. The summed E-state index contributed by atoms with van der Waals surface area (Å²) < 4.78 is 5.34. The van der Waals surface area contributed by atoms with Crippen LogP contribution in [0.15, 0.2) is 47.5 Å². The molecule has 0 radical (unpaired) electrons. The molecule has 0 unspecified atom stereocenters. The normalized spacial score (nSPS) is 11.3. The second-order valence-electron chi connectivity index (χ2n) is 5.50. The molecule has 0 fully saturated rings. The van der Waals surface area contributed by atoms with E-state index in [9.17, 15) is 0 Å². The summed E-state index contributed by atoms with van der Waals surface area (Å²) in [6.07, 6.45) is 1.83. The minimum absolute atomic E-state index is 0.442. The monoisotopic (exact) mass is 311 g/mol. The number of nitrogens with one attached hydrogen (secondary N) is 1. The maximum atomic E-state index is 5.96. The molecular weight excluding hydrogens is 286 g/mol. The van der Waals surface area contributed by atoms with Gasteiger partial charge in [-0.2, -0.15) is 0 Å². The fourth-order valence-corrected chi connectivity index (χ4v) is 2.38. The van der Waals surface area contributed by atoms with Gasteiger partial charge in [-0.15, -0.1) is 0 Å². The lowest BCUT2D eigenvalue weighted by molar-refractivity contribution is 0.411. The smallest absolute Gasteiger partial charge is 0.193 e. The zero-order chi connectivity index (χ0) is 16.7. The molecule has 0 atom stereocenters. The lowest BCUT2D eigenvalue weighted by Crippen LogP contribution is -2.23. The van der Waals surface area contributed by atoms with E-state index >= 15 is 0 Å². The maximum absolute atomic E-state index is 5.96. The summed E-state index contributed by atoms with van der Waals surface area (Å²) in [6.45, 7) is 4.80. The predicted molar refractivity (Wildman–Crippen MR) is 97.4 cm³/mol. The number of hydrogen-bond acceptors (Lipinski definition) is 2. The number of nitrogens with zero attached hydrogens (tertiary/aromatic N) is 1. The summed E-state index contributed by atoms with van der Waals surface area (Å²) in [5.41, 5.74) is 10.5. The third kappa shape index (κ3) is 5.02. The fraction of sp³-hybridized carbons (Fsp3) is 0.316. The van der Waals surface area contributed by atoms with Gasteiger partial charge in [0.25, 0.3) is 0 Å². The zero-order valence-electron chi connectivity index (χ0n) is 14.1. The molecule has 2 rings (SSSR count). The van der Waals surface area contributed by atoms with Crippen LogP contribution in [-0.4, -0.2) is 19.6 Å². The Bertz CT molecular complexity index is 680. The highest BCUT2D eigenvalue weighted by Gasteiger charge is 2.01. The molecule has 0 aliphatic heterocycles. The van der Waals surface area contributed by atoms with Gasteiger partial charge in [0.05, 0.1) is 7.11 Å². The number of anilines is 1. The molecule has 0 saturated carbocycles. The molecule has 0 aromatic heterocycles. The second-order valence-corrected chi connectivity index (χ2v) is 5.50. The summed E-state index contributed by atoms with van der Waals surface area (Å²) in [4.78, 5) is 4.39. The lowest BCUT2D eigenvalue weighted by atomic mass is 10.1. The first-order valence-corrected chi connectivity index (χ1v) is 7.91. The largest absolute Gasteiger partial charge is 0.496 e. The van der Waals surface area contributed by atoms with Gasteiger partial charge in [-0.05, 0) is 54.7 Å². The first-order chi connectivity index (χ1) is 11.1. The number of aliphatic imine (C=N–C) groups is 1. The number of benzene rings is 2. The minimum atomic E-state index is 0.442. The Balaban J connectivity index is 1.92. The summed E-state index contributed by atoms with van der Waals surface area (Å²) in [6, 6.07) is 14.4. The van der Waals surface area contributed by atoms with Crippen LogP contribution in [0.4, 0.5) is 5.69 Å². The molecule has 4 heteroatoms.